The summed E-state index contributed by atoms with van der Waals surface area (Å²) in [5.41, 5.74) is -1.08. The fraction of sp³-hybridized carbons (Fsp3) is 0.579. The Morgan fingerprint density at radius 1 is 1.25 bits per heavy atom. The smallest absolute Gasteiger partial charge is 0.342 e. The topological polar surface area (TPSA) is 72.8 Å². The van der Waals surface area contributed by atoms with E-state index in [0.29, 0.717) is 6.42 Å². The highest BCUT2D eigenvalue weighted by Crippen LogP contribution is 2.35. The molecule has 1 aliphatic rings. The first-order valence-corrected chi connectivity index (χ1v) is 8.45. The second-order valence-electron chi connectivity index (χ2n) is 7.35. The number of benzene rings is 1. The molecule has 0 radical (unpaired) electrons. The number of phenolic OH excluding ortho intramolecular Hbond substituents is 1. The van der Waals surface area contributed by atoms with Gasteiger partial charge in [0.05, 0.1) is 5.41 Å². The molecule has 1 N–H and O–H groups in total. The molecule has 2 rings (SSSR count). The van der Waals surface area contributed by atoms with Crippen LogP contribution in [-0.4, -0.2) is 22.6 Å². The molecule has 1 aromatic rings. The largest absolute Gasteiger partial charge is 0.507 e. The number of carbonyl (C=O) groups excluding carboxylic acids is 2. The van der Waals surface area contributed by atoms with Gasteiger partial charge in [-0.3, -0.25) is 4.79 Å². The van der Waals surface area contributed by atoms with E-state index in [9.17, 15) is 14.7 Å². The van der Waals surface area contributed by atoms with Gasteiger partial charge in [-0.2, -0.15) is 0 Å². The fourth-order valence-corrected chi connectivity index (χ4v) is 2.64. The van der Waals surface area contributed by atoms with Crippen molar-refractivity contribution in [2.75, 3.05) is 0 Å². The van der Waals surface area contributed by atoms with Crippen LogP contribution in [0.1, 0.15) is 70.2 Å². The van der Waals surface area contributed by atoms with Crippen LogP contribution < -0.4 is 4.74 Å². The number of aromatic hydroxyl groups is 1. The van der Waals surface area contributed by atoms with E-state index in [2.05, 4.69) is 0 Å². The molecular weight excluding hydrogens is 308 g/mol. The molecule has 0 atom stereocenters. The molecule has 1 fully saturated rings. The first kappa shape index (κ1) is 18.3. The number of ether oxygens (including phenoxy) is 2. The van der Waals surface area contributed by atoms with Gasteiger partial charge in [-0.1, -0.05) is 6.92 Å². The van der Waals surface area contributed by atoms with E-state index >= 15 is 0 Å². The summed E-state index contributed by atoms with van der Waals surface area (Å²) < 4.78 is 10.9. The Kier molecular flexibility index (Phi) is 5.21. The van der Waals surface area contributed by atoms with Crippen LogP contribution in [0, 0.1) is 5.41 Å². The summed E-state index contributed by atoms with van der Waals surface area (Å²) in [4.78, 5) is 24.6. The molecule has 0 bridgehead atoms. The Morgan fingerprint density at radius 3 is 2.46 bits per heavy atom. The minimum Gasteiger partial charge on any atom is -0.507 e. The van der Waals surface area contributed by atoms with Crippen molar-refractivity contribution in [3.8, 4) is 11.5 Å². The Balaban J connectivity index is 2.16. The summed E-state index contributed by atoms with van der Waals surface area (Å²) in [6.45, 7) is 7.41. The SMILES string of the molecule is CCC(C)(C)C(=O)Oc1ccc(O)c(C(=O)OC2(C)CCCC2)c1. The second-order valence-corrected chi connectivity index (χ2v) is 7.35. The van der Waals surface area contributed by atoms with Crippen molar-refractivity contribution in [2.24, 2.45) is 5.41 Å². The lowest BCUT2D eigenvalue weighted by atomic mass is 9.91. The van der Waals surface area contributed by atoms with Crippen molar-refractivity contribution in [1.82, 2.24) is 0 Å². The monoisotopic (exact) mass is 334 g/mol. The van der Waals surface area contributed by atoms with E-state index in [1.807, 2.05) is 13.8 Å². The van der Waals surface area contributed by atoms with E-state index in [1.54, 1.807) is 13.8 Å². The third-order valence-corrected chi connectivity index (χ3v) is 4.84. The van der Waals surface area contributed by atoms with Crippen molar-refractivity contribution < 1.29 is 24.2 Å². The van der Waals surface area contributed by atoms with E-state index < -0.39 is 17.0 Å². The summed E-state index contributed by atoms with van der Waals surface area (Å²) in [5.74, 6) is -0.929. The Hall–Kier alpha value is -2.04. The Morgan fingerprint density at radius 2 is 1.88 bits per heavy atom. The molecule has 132 valence electrons. The van der Waals surface area contributed by atoms with Crippen LogP contribution in [-0.2, 0) is 9.53 Å². The molecule has 24 heavy (non-hydrogen) atoms. The van der Waals surface area contributed by atoms with Gasteiger partial charge in [0, 0.05) is 0 Å². The number of carbonyl (C=O) groups is 2. The maximum atomic E-state index is 12.4. The number of rotatable bonds is 5. The molecule has 1 saturated carbocycles. The molecule has 0 amide bonds. The quantitative estimate of drug-likeness (QED) is 0.644. The van der Waals surface area contributed by atoms with Crippen LogP contribution in [0.3, 0.4) is 0 Å². The summed E-state index contributed by atoms with van der Waals surface area (Å²) >= 11 is 0. The first-order chi connectivity index (χ1) is 11.2. The van der Waals surface area contributed by atoms with Gasteiger partial charge in [0.25, 0.3) is 0 Å². The van der Waals surface area contributed by atoms with Crippen molar-refractivity contribution in [3.05, 3.63) is 23.8 Å². The molecule has 0 heterocycles. The number of hydrogen-bond acceptors (Lipinski definition) is 5. The van der Waals surface area contributed by atoms with Crippen LogP contribution in [0.4, 0.5) is 0 Å². The van der Waals surface area contributed by atoms with Crippen LogP contribution in [0.5, 0.6) is 11.5 Å². The van der Waals surface area contributed by atoms with Crippen LogP contribution in [0.15, 0.2) is 18.2 Å². The number of hydrogen-bond donors (Lipinski definition) is 1. The van der Waals surface area contributed by atoms with Crippen LogP contribution in [0.2, 0.25) is 0 Å². The predicted molar refractivity (Wildman–Crippen MR) is 90.1 cm³/mol. The third kappa shape index (κ3) is 4.08. The average Bonchev–Trinajstić information content (AvgIpc) is 2.95. The molecule has 1 aliphatic carbocycles. The van der Waals surface area contributed by atoms with E-state index in [-0.39, 0.29) is 23.0 Å². The predicted octanol–water partition coefficient (Wildman–Crippen LogP) is 4.22. The molecule has 0 spiro atoms. The van der Waals surface area contributed by atoms with E-state index in [0.717, 1.165) is 25.7 Å². The van der Waals surface area contributed by atoms with Crippen molar-refractivity contribution >= 4 is 11.9 Å². The highest BCUT2D eigenvalue weighted by Gasteiger charge is 2.34. The van der Waals surface area contributed by atoms with Gasteiger partial charge >= 0.3 is 11.9 Å². The average molecular weight is 334 g/mol. The van der Waals surface area contributed by atoms with Gasteiger partial charge in [0.1, 0.15) is 22.7 Å². The Bertz CT molecular complexity index is 627. The number of phenols is 1. The minimum absolute atomic E-state index is 0.0164. The zero-order valence-corrected chi connectivity index (χ0v) is 14.8. The molecule has 0 unspecified atom stereocenters. The fourth-order valence-electron chi connectivity index (χ4n) is 2.64. The Labute approximate surface area is 143 Å². The highest BCUT2D eigenvalue weighted by molar-refractivity contribution is 5.93. The maximum absolute atomic E-state index is 12.4. The van der Waals surface area contributed by atoms with E-state index in [4.69, 9.17) is 9.47 Å². The maximum Gasteiger partial charge on any atom is 0.342 e. The molecular formula is C19H26O5. The second kappa shape index (κ2) is 6.83. The minimum atomic E-state index is -0.615. The zero-order chi connectivity index (χ0) is 18.0. The molecule has 0 aliphatic heterocycles. The summed E-state index contributed by atoms with van der Waals surface area (Å²) in [7, 11) is 0. The van der Waals surface area contributed by atoms with Crippen LogP contribution >= 0.6 is 0 Å². The zero-order valence-electron chi connectivity index (χ0n) is 14.8. The van der Waals surface area contributed by atoms with Gasteiger partial charge < -0.3 is 14.6 Å². The molecule has 1 aromatic carbocycles. The van der Waals surface area contributed by atoms with Crippen LogP contribution in [0.25, 0.3) is 0 Å². The third-order valence-electron chi connectivity index (χ3n) is 4.84. The summed E-state index contributed by atoms with van der Waals surface area (Å²) in [6.07, 6.45) is 4.33. The molecule has 5 heteroatoms. The van der Waals surface area contributed by atoms with Gasteiger partial charge in [-0.25, -0.2) is 4.79 Å². The first-order valence-electron chi connectivity index (χ1n) is 8.45. The molecule has 0 aromatic heterocycles. The van der Waals surface area contributed by atoms with Gasteiger partial charge in [0.15, 0.2) is 0 Å². The lowest BCUT2D eigenvalue weighted by Gasteiger charge is -2.24. The standard InChI is InChI=1S/C19H26O5/c1-5-18(2,3)17(22)23-13-8-9-15(20)14(12-13)16(21)24-19(4)10-6-7-11-19/h8-9,12,20H,5-7,10-11H2,1-4H3. The lowest BCUT2D eigenvalue weighted by Crippen LogP contribution is -2.29. The number of esters is 2. The van der Waals surface area contributed by atoms with Crippen molar-refractivity contribution in [2.45, 2.75) is 65.4 Å². The van der Waals surface area contributed by atoms with Crippen molar-refractivity contribution in [1.29, 1.82) is 0 Å². The van der Waals surface area contributed by atoms with Crippen molar-refractivity contribution in [3.63, 3.8) is 0 Å². The van der Waals surface area contributed by atoms with E-state index in [1.165, 1.54) is 18.2 Å². The van der Waals surface area contributed by atoms with Gasteiger partial charge in [0.2, 0.25) is 0 Å². The summed E-state index contributed by atoms with van der Waals surface area (Å²) in [5, 5.41) is 9.96. The molecule has 0 saturated heterocycles. The summed E-state index contributed by atoms with van der Waals surface area (Å²) in [6, 6.07) is 4.17. The van der Waals surface area contributed by atoms with Gasteiger partial charge in [-0.15, -0.1) is 0 Å². The molecule has 5 nitrogen and oxygen atoms in total. The normalized spacial score (nSPS) is 16.7. The van der Waals surface area contributed by atoms with Gasteiger partial charge in [-0.05, 0) is 71.1 Å². The highest BCUT2D eigenvalue weighted by atomic mass is 16.6. The lowest BCUT2D eigenvalue weighted by molar-refractivity contribution is -0.144.